The molecule has 2 heterocycles. The molecule has 3 aromatic rings. The van der Waals surface area contributed by atoms with Gasteiger partial charge < -0.3 is 15.5 Å². The van der Waals surface area contributed by atoms with Crippen molar-refractivity contribution in [3.8, 4) is 0 Å². The van der Waals surface area contributed by atoms with E-state index in [1.165, 1.54) is 17.7 Å². The van der Waals surface area contributed by atoms with Crippen LogP contribution in [0.2, 0.25) is 0 Å². The molecular weight excluding hydrogens is 705 g/mol. The van der Waals surface area contributed by atoms with Crippen molar-refractivity contribution in [2.24, 2.45) is 0 Å². The van der Waals surface area contributed by atoms with Crippen molar-refractivity contribution in [3.63, 3.8) is 0 Å². The van der Waals surface area contributed by atoms with Gasteiger partial charge in [-0.05, 0) is 79.8 Å². The molecule has 0 spiro atoms. The molecule has 2 aliphatic heterocycles. The van der Waals surface area contributed by atoms with Crippen molar-refractivity contribution < 1.29 is 45.9 Å². The Hall–Kier alpha value is -4.14. The number of rotatable bonds is 15. The van der Waals surface area contributed by atoms with E-state index >= 15 is 0 Å². The fourth-order valence-corrected chi connectivity index (χ4v) is 8.54. The Bertz CT molecular complexity index is 2180. The summed E-state index contributed by atoms with van der Waals surface area (Å²) < 4.78 is 68.0. The zero-order valence-electron chi connectivity index (χ0n) is 30.0. The summed E-state index contributed by atoms with van der Waals surface area (Å²) in [7, 11) is -8.44. The van der Waals surface area contributed by atoms with Gasteiger partial charge in [0.1, 0.15) is 6.54 Å². The minimum Gasteiger partial charge on any atom is -0.870 e. The number of aliphatic carboxylic acids is 1. The topological polar surface area (TPSA) is 182 Å². The minimum atomic E-state index is -4.40. The van der Waals surface area contributed by atoms with Gasteiger partial charge in [0.05, 0.1) is 16.1 Å². The number of benzene rings is 3. The summed E-state index contributed by atoms with van der Waals surface area (Å²) >= 11 is 0. The van der Waals surface area contributed by atoms with E-state index in [2.05, 4.69) is 53.7 Å². The van der Waals surface area contributed by atoms with Gasteiger partial charge in [-0.25, -0.2) is 0 Å². The molecule has 13 heteroatoms. The lowest BCUT2D eigenvalue weighted by Crippen LogP contribution is -2.28. The third-order valence-corrected chi connectivity index (χ3v) is 11.6. The molecule has 0 unspecified atom stereocenters. The number of allylic oxidation sites excluding steroid dienone is 6. The lowest BCUT2D eigenvalue weighted by molar-refractivity contribution is -0.438. The highest BCUT2D eigenvalue weighted by atomic mass is 32.2. The Morgan fingerprint density at radius 2 is 1.58 bits per heavy atom. The molecule has 0 saturated heterocycles. The summed E-state index contributed by atoms with van der Waals surface area (Å²) in [6.07, 6.45) is 13.0. The Morgan fingerprint density at radius 3 is 2.27 bits per heavy atom. The van der Waals surface area contributed by atoms with Crippen molar-refractivity contribution in [3.05, 3.63) is 102 Å². The standard InChI is InChI=1S/C39H46N2O8S2.H2O/c1-38(2)31-27-29(51(47,48)49)21-23-32(31)40(24-12-6-9-19-36(42)43)34(38)17-7-5-8-18-35-39(3,4)37-30-16-11-10-15-28(30)20-22-33(37)41(35)25-13-14-26-50(44,45)46;/h5,7-8,10-11,15-18,20-23,27H,6,9,12-14,19,24-26H2,1-4H3,(H2-,42,43,44,45,46,47,48,49);1H2. The molecule has 0 amide bonds. The maximum Gasteiger partial charge on any atom is 0.303 e. The Balaban J connectivity index is 0.00000605. The van der Waals surface area contributed by atoms with E-state index in [0.717, 1.165) is 52.0 Å². The first-order valence-corrected chi connectivity index (χ1v) is 20.3. The number of carboxylic acid groups (broad SMARTS) is 1. The molecule has 52 heavy (non-hydrogen) atoms. The molecule has 4 N–H and O–H groups in total. The van der Waals surface area contributed by atoms with E-state index in [4.69, 9.17) is 5.11 Å². The largest absolute Gasteiger partial charge is 0.870 e. The van der Waals surface area contributed by atoms with Gasteiger partial charge in [-0.2, -0.15) is 21.4 Å². The quantitative estimate of drug-likeness (QED) is 0.0613. The average molecular weight is 753 g/mol. The highest BCUT2D eigenvalue weighted by Crippen LogP contribution is 2.49. The third-order valence-electron chi connectivity index (χ3n) is 9.95. The lowest BCUT2D eigenvalue weighted by Gasteiger charge is -2.27. The maximum absolute atomic E-state index is 12.0. The predicted octanol–water partition coefficient (Wildman–Crippen LogP) is 7.39. The number of carbonyl (C=O) groups is 1. The summed E-state index contributed by atoms with van der Waals surface area (Å²) in [5.74, 6) is -1.11. The Kier molecular flexibility index (Phi) is 12.4. The van der Waals surface area contributed by atoms with Crippen molar-refractivity contribution >= 4 is 54.1 Å². The normalized spacial score (nSPS) is 17.3. The number of unbranched alkanes of at least 4 members (excludes halogenated alkanes) is 3. The molecule has 3 aromatic carbocycles. The number of hydrogen-bond donors (Lipinski definition) is 3. The van der Waals surface area contributed by atoms with Crippen LogP contribution in [-0.4, -0.2) is 71.6 Å². The van der Waals surface area contributed by atoms with Crippen LogP contribution in [0.1, 0.15) is 77.3 Å². The molecule has 0 saturated carbocycles. The van der Waals surface area contributed by atoms with E-state index in [1.807, 2.05) is 50.3 Å². The van der Waals surface area contributed by atoms with Gasteiger partial charge in [0.15, 0.2) is 5.71 Å². The van der Waals surface area contributed by atoms with E-state index in [9.17, 15) is 30.7 Å². The molecule has 280 valence electrons. The maximum atomic E-state index is 12.0. The molecule has 0 aliphatic carbocycles. The second-order valence-corrected chi connectivity index (χ2v) is 17.3. The van der Waals surface area contributed by atoms with Gasteiger partial charge in [-0.15, -0.1) is 0 Å². The summed E-state index contributed by atoms with van der Waals surface area (Å²) in [6, 6.07) is 17.1. The monoisotopic (exact) mass is 752 g/mol. The predicted molar refractivity (Wildman–Crippen MR) is 203 cm³/mol. The van der Waals surface area contributed by atoms with Gasteiger partial charge in [-0.3, -0.25) is 13.9 Å². The fraction of sp³-hybridized carbons (Fsp3) is 0.385. The SMILES string of the molecule is CC1(C)C(=CC=CC=CC2=[N+](CCCCS(=O)(=O)O)c3ccc4ccccc4c3C2(C)C)N(CCCCCC(=O)O)c2ccc(S(=O)(=O)O)cc21.[OH-]. The number of carboxylic acids is 1. The number of hydrogen-bond acceptors (Lipinski definition) is 7. The molecule has 2 aliphatic rings. The Morgan fingerprint density at radius 1 is 0.846 bits per heavy atom. The van der Waals surface area contributed by atoms with Crippen LogP contribution < -0.4 is 4.90 Å². The molecule has 5 rings (SSSR count). The third kappa shape index (κ3) is 8.72. The van der Waals surface area contributed by atoms with E-state index in [-0.39, 0.29) is 28.0 Å². The van der Waals surface area contributed by atoms with Crippen LogP contribution in [0.5, 0.6) is 0 Å². The summed E-state index contributed by atoms with van der Waals surface area (Å²) in [6.45, 7) is 9.60. The number of fused-ring (bicyclic) bond motifs is 4. The van der Waals surface area contributed by atoms with Crippen LogP contribution in [0.25, 0.3) is 10.8 Å². The zero-order valence-corrected chi connectivity index (χ0v) is 31.6. The van der Waals surface area contributed by atoms with Gasteiger partial charge in [-0.1, -0.05) is 62.8 Å². The van der Waals surface area contributed by atoms with E-state index < -0.39 is 31.6 Å². The van der Waals surface area contributed by atoms with Crippen molar-refractivity contribution in [1.82, 2.24) is 0 Å². The molecule has 0 bridgehead atoms. The van der Waals surface area contributed by atoms with Crippen LogP contribution >= 0.6 is 0 Å². The summed E-state index contributed by atoms with van der Waals surface area (Å²) in [4.78, 5) is 13.0. The summed E-state index contributed by atoms with van der Waals surface area (Å²) in [5.41, 5.74) is 4.96. The highest BCUT2D eigenvalue weighted by molar-refractivity contribution is 7.86. The van der Waals surface area contributed by atoms with Gasteiger partial charge in [0.2, 0.25) is 5.69 Å². The molecule has 11 nitrogen and oxygen atoms in total. The van der Waals surface area contributed by atoms with E-state index in [1.54, 1.807) is 6.07 Å². The van der Waals surface area contributed by atoms with Gasteiger partial charge >= 0.3 is 5.97 Å². The van der Waals surface area contributed by atoms with Gasteiger partial charge in [0, 0.05) is 53.9 Å². The molecule has 0 atom stereocenters. The van der Waals surface area contributed by atoms with Crippen molar-refractivity contribution in [1.29, 1.82) is 0 Å². The first-order valence-electron chi connectivity index (χ1n) is 17.2. The first-order chi connectivity index (χ1) is 23.9. The molecule has 0 radical (unpaired) electrons. The fourth-order valence-electron chi connectivity index (χ4n) is 7.47. The van der Waals surface area contributed by atoms with Crippen LogP contribution in [0, 0.1) is 0 Å². The van der Waals surface area contributed by atoms with Crippen molar-refractivity contribution in [2.45, 2.75) is 81.9 Å². The molecule has 0 fully saturated rings. The molecule has 0 aromatic heterocycles. The first kappa shape index (κ1) is 40.6. The second-order valence-electron chi connectivity index (χ2n) is 14.3. The average Bonchev–Trinajstić information content (AvgIpc) is 3.39. The lowest BCUT2D eigenvalue weighted by atomic mass is 9.79. The van der Waals surface area contributed by atoms with Crippen LogP contribution in [-0.2, 0) is 35.9 Å². The number of anilines is 1. The van der Waals surface area contributed by atoms with Crippen molar-refractivity contribution in [2.75, 3.05) is 23.7 Å². The minimum absolute atomic E-state index is 0. The van der Waals surface area contributed by atoms with Gasteiger partial charge in [0.25, 0.3) is 20.2 Å². The Labute approximate surface area is 306 Å². The van der Waals surface area contributed by atoms with Crippen LogP contribution in [0.15, 0.2) is 95.6 Å². The second kappa shape index (κ2) is 15.8. The smallest absolute Gasteiger partial charge is 0.303 e. The van der Waals surface area contributed by atoms with Crippen LogP contribution in [0.4, 0.5) is 11.4 Å². The van der Waals surface area contributed by atoms with E-state index in [0.29, 0.717) is 32.4 Å². The van der Waals surface area contributed by atoms with Crippen LogP contribution in [0.3, 0.4) is 0 Å². The summed E-state index contributed by atoms with van der Waals surface area (Å²) in [5, 5.41) is 11.3. The zero-order chi connectivity index (χ0) is 37.2. The number of nitrogens with zero attached hydrogens (tertiary/aromatic N) is 2. The molecular formula is C39H48N2O9S2. The highest BCUT2D eigenvalue weighted by Gasteiger charge is 2.45.